The number of hydrogen-bond acceptors (Lipinski definition) is 6. The van der Waals surface area contributed by atoms with Gasteiger partial charge < -0.3 is 19.3 Å². The second-order valence-corrected chi connectivity index (χ2v) is 6.51. The van der Waals surface area contributed by atoms with Gasteiger partial charge in [-0.25, -0.2) is 4.79 Å². The molecule has 0 spiro atoms. The molecule has 0 bridgehead atoms. The highest BCUT2D eigenvalue weighted by Gasteiger charge is 2.27. The summed E-state index contributed by atoms with van der Waals surface area (Å²) in [6.45, 7) is 2.19. The van der Waals surface area contributed by atoms with E-state index in [9.17, 15) is 14.7 Å². The molecule has 30 heavy (non-hydrogen) atoms. The van der Waals surface area contributed by atoms with Gasteiger partial charge in [-0.05, 0) is 55.0 Å². The molecule has 1 aliphatic heterocycles. The summed E-state index contributed by atoms with van der Waals surface area (Å²) in [5.41, 5.74) is 1.45. The van der Waals surface area contributed by atoms with Crippen LogP contribution in [0, 0.1) is 0 Å². The van der Waals surface area contributed by atoms with E-state index in [2.05, 4.69) is 0 Å². The summed E-state index contributed by atoms with van der Waals surface area (Å²) < 4.78 is 16.7. The lowest BCUT2D eigenvalue weighted by Crippen LogP contribution is -2.09. The average molecular weight is 402 g/mol. The second-order valence-electron chi connectivity index (χ2n) is 6.51. The molecule has 1 N–H and O–H groups in total. The van der Waals surface area contributed by atoms with Gasteiger partial charge >= 0.3 is 5.97 Å². The number of rotatable bonds is 5. The minimum atomic E-state index is -0.493. The lowest BCUT2D eigenvalue weighted by molar-refractivity contribution is 0.0728. The maximum absolute atomic E-state index is 12.5. The topological polar surface area (TPSA) is 82.1 Å². The van der Waals surface area contributed by atoms with Gasteiger partial charge in [0.25, 0.3) is 0 Å². The molecule has 6 heteroatoms. The fourth-order valence-electron chi connectivity index (χ4n) is 3.03. The van der Waals surface area contributed by atoms with Crippen LogP contribution in [-0.4, -0.2) is 23.5 Å². The summed E-state index contributed by atoms with van der Waals surface area (Å²) >= 11 is 0. The zero-order valence-corrected chi connectivity index (χ0v) is 16.1. The number of hydrogen-bond donors (Lipinski definition) is 1. The van der Waals surface area contributed by atoms with Crippen LogP contribution in [0.15, 0.2) is 72.5 Å². The van der Waals surface area contributed by atoms with Gasteiger partial charge in [-0.3, -0.25) is 4.79 Å². The molecule has 0 aromatic heterocycles. The molecule has 1 heterocycles. The van der Waals surface area contributed by atoms with E-state index >= 15 is 0 Å². The van der Waals surface area contributed by atoms with Crippen LogP contribution >= 0.6 is 0 Å². The summed E-state index contributed by atoms with van der Waals surface area (Å²) in [7, 11) is 0. The normalized spacial score (nSPS) is 13.6. The molecule has 0 radical (unpaired) electrons. The number of Topliss-reactive ketones (excluding diaryl/α,β-unsaturated/α-hetero) is 1. The number of fused-ring (bicyclic) bond motifs is 1. The van der Waals surface area contributed by atoms with Crippen LogP contribution in [0.3, 0.4) is 0 Å². The molecule has 4 rings (SSSR count). The molecule has 0 aliphatic carbocycles. The number of carbonyl (C=O) groups excluding carboxylic acids is 2. The van der Waals surface area contributed by atoms with Gasteiger partial charge in [0.15, 0.2) is 17.3 Å². The first kappa shape index (κ1) is 19.3. The first-order chi connectivity index (χ1) is 14.5. The molecule has 0 saturated carbocycles. The van der Waals surface area contributed by atoms with Gasteiger partial charge in [0.05, 0.1) is 17.7 Å². The molecule has 0 unspecified atom stereocenters. The number of benzene rings is 3. The summed E-state index contributed by atoms with van der Waals surface area (Å²) in [5, 5.41) is 9.57. The van der Waals surface area contributed by atoms with Crippen molar-refractivity contribution in [2.45, 2.75) is 6.92 Å². The quantitative estimate of drug-likeness (QED) is 0.381. The first-order valence-corrected chi connectivity index (χ1v) is 9.36. The van der Waals surface area contributed by atoms with Crippen molar-refractivity contribution in [3.63, 3.8) is 0 Å². The third-order valence-electron chi connectivity index (χ3n) is 4.43. The van der Waals surface area contributed by atoms with Crippen molar-refractivity contribution in [3.05, 3.63) is 89.2 Å². The van der Waals surface area contributed by atoms with Crippen LogP contribution in [0.25, 0.3) is 6.08 Å². The van der Waals surface area contributed by atoms with Crippen molar-refractivity contribution < 1.29 is 28.9 Å². The molecule has 150 valence electrons. The van der Waals surface area contributed by atoms with Crippen molar-refractivity contribution in [2.75, 3.05) is 6.61 Å². The van der Waals surface area contributed by atoms with Crippen molar-refractivity contribution in [3.8, 4) is 23.0 Å². The Hall–Kier alpha value is -4.06. The van der Waals surface area contributed by atoms with Crippen molar-refractivity contribution in [1.29, 1.82) is 0 Å². The molecule has 0 amide bonds. The number of aromatic hydroxyl groups is 1. The Morgan fingerprint density at radius 1 is 1.03 bits per heavy atom. The summed E-state index contributed by atoms with van der Waals surface area (Å²) in [6.07, 6.45) is 1.57. The smallest absolute Gasteiger partial charge is 0.343 e. The number of esters is 1. The fraction of sp³-hybridized carbons (Fsp3) is 0.0833. The van der Waals surface area contributed by atoms with Crippen LogP contribution in [0.4, 0.5) is 0 Å². The van der Waals surface area contributed by atoms with E-state index in [-0.39, 0.29) is 23.0 Å². The Kier molecular flexibility index (Phi) is 5.22. The first-order valence-electron chi connectivity index (χ1n) is 9.36. The van der Waals surface area contributed by atoms with Gasteiger partial charge in [-0.1, -0.05) is 24.3 Å². The van der Waals surface area contributed by atoms with Crippen LogP contribution in [0.5, 0.6) is 23.0 Å². The Bertz CT molecular complexity index is 1150. The molecule has 0 saturated heterocycles. The van der Waals surface area contributed by atoms with Crippen molar-refractivity contribution in [1.82, 2.24) is 0 Å². The van der Waals surface area contributed by atoms with Gasteiger partial charge in [0.1, 0.15) is 11.5 Å². The average Bonchev–Trinajstić information content (AvgIpc) is 3.05. The van der Waals surface area contributed by atoms with Crippen LogP contribution in [0.2, 0.25) is 0 Å². The third-order valence-corrected chi connectivity index (χ3v) is 4.43. The monoisotopic (exact) mass is 402 g/mol. The number of ketones is 1. The highest BCUT2D eigenvalue weighted by Crippen LogP contribution is 2.35. The van der Waals surface area contributed by atoms with E-state index in [1.54, 1.807) is 48.5 Å². The van der Waals surface area contributed by atoms with Crippen LogP contribution < -0.4 is 14.2 Å². The Balaban J connectivity index is 1.60. The lowest BCUT2D eigenvalue weighted by Gasteiger charge is -2.11. The Morgan fingerprint density at radius 3 is 2.60 bits per heavy atom. The number of allylic oxidation sites excluding steroid dienone is 1. The standard InChI is InChI=1S/C24H18O6/c1-2-28-21-12-15(8-11-19(21)30-24(27)16-6-4-3-5-7-16)13-22-23(26)18-10-9-17(25)14-20(18)29-22/h3-14,25H,2H2,1H3. The molecule has 1 aliphatic rings. The summed E-state index contributed by atoms with van der Waals surface area (Å²) in [4.78, 5) is 24.9. The van der Waals surface area contributed by atoms with E-state index in [0.29, 0.717) is 34.8 Å². The lowest BCUT2D eigenvalue weighted by atomic mass is 10.1. The molecular weight excluding hydrogens is 384 g/mol. The minimum Gasteiger partial charge on any atom is -0.508 e. The zero-order chi connectivity index (χ0) is 21.1. The second kappa shape index (κ2) is 8.13. The number of carbonyl (C=O) groups is 2. The molecule has 0 atom stereocenters. The minimum absolute atomic E-state index is 0.0195. The van der Waals surface area contributed by atoms with Gasteiger partial charge in [-0.2, -0.15) is 0 Å². The predicted molar refractivity (Wildman–Crippen MR) is 110 cm³/mol. The molecule has 0 fully saturated rings. The van der Waals surface area contributed by atoms with E-state index in [1.165, 1.54) is 18.2 Å². The largest absolute Gasteiger partial charge is 0.508 e. The Morgan fingerprint density at radius 2 is 1.83 bits per heavy atom. The van der Waals surface area contributed by atoms with E-state index in [4.69, 9.17) is 14.2 Å². The highest BCUT2D eigenvalue weighted by atomic mass is 16.6. The number of phenols is 1. The van der Waals surface area contributed by atoms with E-state index in [0.717, 1.165) is 0 Å². The maximum Gasteiger partial charge on any atom is 0.343 e. The number of ether oxygens (including phenoxy) is 3. The maximum atomic E-state index is 12.5. The van der Waals surface area contributed by atoms with Crippen molar-refractivity contribution >= 4 is 17.8 Å². The highest BCUT2D eigenvalue weighted by molar-refractivity contribution is 6.14. The van der Waals surface area contributed by atoms with Crippen LogP contribution in [-0.2, 0) is 0 Å². The predicted octanol–water partition coefficient (Wildman–Crippen LogP) is 4.63. The van der Waals surface area contributed by atoms with E-state index < -0.39 is 5.97 Å². The summed E-state index contributed by atoms with van der Waals surface area (Å²) in [5.74, 6) is 0.342. The molecule has 6 nitrogen and oxygen atoms in total. The number of phenolic OH excluding ortho intramolecular Hbond substituents is 1. The summed E-state index contributed by atoms with van der Waals surface area (Å²) in [6, 6.07) is 18.0. The fourth-order valence-corrected chi connectivity index (χ4v) is 3.03. The van der Waals surface area contributed by atoms with Gasteiger partial charge in [0.2, 0.25) is 5.78 Å². The van der Waals surface area contributed by atoms with Crippen LogP contribution in [0.1, 0.15) is 33.2 Å². The molecule has 3 aromatic rings. The van der Waals surface area contributed by atoms with Gasteiger partial charge in [0, 0.05) is 6.07 Å². The SMILES string of the molecule is CCOc1cc(C=C2Oc3cc(O)ccc3C2=O)ccc1OC(=O)c1ccccc1. The Labute approximate surface area is 172 Å². The third kappa shape index (κ3) is 3.89. The molecule has 3 aromatic carbocycles. The van der Waals surface area contributed by atoms with Crippen molar-refractivity contribution in [2.24, 2.45) is 0 Å². The van der Waals surface area contributed by atoms with Gasteiger partial charge in [-0.15, -0.1) is 0 Å². The van der Waals surface area contributed by atoms with E-state index in [1.807, 2.05) is 13.0 Å². The molecular formula is C24H18O6. The zero-order valence-electron chi connectivity index (χ0n) is 16.1.